The van der Waals surface area contributed by atoms with Crippen LogP contribution in [0.25, 0.3) is 0 Å². The van der Waals surface area contributed by atoms with Gasteiger partial charge in [0.2, 0.25) is 0 Å². The Balaban J connectivity index is 2.01. The predicted octanol–water partition coefficient (Wildman–Crippen LogP) is 5.68. The molecule has 0 saturated carbocycles. The highest BCUT2D eigenvalue weighted by atomic mass is 35.5. The smallest absolute Gasteiger partial charge is 0.357 e. The van der Waals surface area contributed by atoms with E-state index >= 15 is 0 Å². The number of aromatic nitrogens is 1. The summed E-state index contributed by atoms with van der Waals surface area (Å²) in [5, 5.41) is 20.7. The van der Waals surface area contributed by atoms with E-state index in [-0.39, 0.29) is 16.7 Å². The van der Waals surface area contributed by atoms with Gasteiger partial charge in [0.25, 0.3) is 0 Å². The van der Waals surface area contributed by atoms with E-state index in [1.165, 1.54) is 22.7 Å². The Morgan fingerprint density at radius 1 is 1.30 bits per heavy atom. The van der Waals surface area contributed by atoms with Gasteiger partial charge >= 0.3 is 12.1 Å². The number of nitrogens with one attached hydrogen (secondary N) is 4. The maximum absolute atomic E-state index is 13.8. The van der Waals surface area contributed by atoms with Crippen molar-refractivity contribution in [1.82, 2.24) is 10.3 Å². The van der Waals surface area contributed by atoms with Crippen LogP contribution in [0.2, 0.25) is 0 Å². The molecule has 1 aromatic rings. The van der Waals surface area contributed by atoms with E-state index < -0.39 is 17.7 Å². The first-order chi connectivity index (χ1) is 15.4. The molecule has 3 heterocycles. The van der Waals surface area contributed by atoms with Gasteiger partial charge in [0.15, 0.2) is 5.82 Å². The molecule has 1 aromatic heterocycles. The zero-order valence-electron chi connectivity index (χ0n) is 17.2. The topological polar surface area (TPSA) is 87.9 Å². The minimum atomic E-state index is -5.74. The molecule has 13 heteroatoms. The molecule has 0 atom stereocenters. The lowest BCUT2D eigenvalue weighted by atomic mass is 10.0. The van der Waals surface area contributed by atoms with E-state index in [2.05, 4.69) is 15.6 Å². The van der Waals surface area contributed by atoms with Crippen LogP contribution >= 0.6 is 23.4 Å². The van der Waals surface area contributed by atoms with Crippen LogP contribution in [0.15, 0.2) is 58.2 Å². The van der Waals surface area contributed by atoms with Gasteiger partial charge in [-0.25, -0.2) is 4.98 Å². The number of allylic oxidation sites excluding steroid dienone is 4. The van der Waals surface area contributed by atoms with Gasteiger partial charge in [0, 0.05) is 41.7 Å². The van der Waals surface area contributed by atoms with Crippen molar-refractivity contribution in [2.24, 2.45) is 0 Å². The van der Waals surface area contributed by atoms with Crippen LogP contribution in [-0.4, -0.2) is 35.3 Å². The lowest BCUT2D eigenvalue weighted by Crippen LogP contribution is -2.33. The maximum Gasteiger partial charge on any atom is 0.458 e. The summed E-state index contributed by atoms with van der Waals surface area (Å²) >= 11 is 7.06. The summed E-state index contributed by atoms with van der Waals surface area (Å²) in [6.45, 7) is 1.92. The van der Waals surface area contributed by atoms with Crippen LogP contribution in [0, 0.1) is 10.8 Å². The van der Waals surface area contributed by atoms with Crippen molar-refractivity contribution in [2.75, 3.05) is 23.0 Å². The number of rotatable bonds is 6. The third-order valence-corrected chi connectivity index (χ3v) is 5.73. The van der Waals surface area contributed by atoms with Crippen LogP contribution in [-0.2, 0) is 5.92 Å². The third kappa shape index (κ3) is 4.76. The molecule has 176 valence electrons. The number of thioether (sulfide) groups is 1. The van der Waals surface area contributed by atoms with Crippen LogP contribution in [0.3, 0.4) is 0 Å². The molecular formula is C20H18ClF5N6S. The minimum Gasteiger partial charge on any atom is -0.357 e. The van der Waals surface area contributed by atoms with Gasteiger partial charge in [-0.1, -0.05) is 18.5 Å². The van der Waals surface area contributed by atoms with Crippen LogP contribution < -0.4 is 15.5 Å². The zero-order chi connectivity index (χ0) is 24.6. The average molecular weight is 505 g/mol. The Morgan fingerprint density at radius 3 is 2.58 bits per heavy atom. The Morgan fingerprint density at radius 2 is 2.00 bits per heavy atom. The number of hydrogen-bond donors (Lipinski definition) is 4. The summed E-state index contributed by atoms with van der Waals surface area (Å²) in [6, 6.07) is 0.738. The number of halogens is 6. The summed E-state index contributed by atoms with van der Waals surface area (Å²) in [5.41, 5.74) is 0.259. The lowest BCUT2D eigenvalue weighted by molar-refractivity contribution is -0.289. The molecule has 0 unspecified atom stereocenters. The second kappa shape index (κ2) is 9.18. The van der Waals surface area contributed by atoms with E-state index in [1.54, 1.807) is 19.3 Å². The molecule has 0 amide bonds. The average Bonchev–Trinajstić information content (AvgIpc) is 3.07. The highest BCUT2D eigenvalue weighted by Gasteiger charge is 2.59. The summed E-state index contributed by atoms with van der Waals surface area (Å²) in [6.07, 6.45) is 0.480. The Bertz CT molecular complexity index is 1120. The first kappa shape index (κ1) is 24.8. The molecule has 0 aromatic carbocycles. The molecule has 4 N–H and O–H groups in total. The molecule has 2 aliphatic heterocycles. The molecule has 0 fully saturated rings. The van der Waals surface area contributed by atoms with Crippen LogP contribution in [0.5, 0.6) is 0 Å². The number of alkyl halides is 5. The van der Waals surface area contributed by atoms with Gasteiger partial charge in [-0.3, -0.25) is 5.41 Å². The van der Waals surface area contributed by atoms with E-state index in [9.17, 15) is 22.0 Å². The summed E-state index contributed by atoms with van der Waals surface area (Å²) < 4.78 is 65.9. The quantitative estimate of drug-likeness (QED) is 0.295. The van der Waals surface area contributed by atoms with Crippen molar-refractivity contribution in [3.05, 3.63) is 63.7 Å². The molecule has 2 aliphatic rings. The van der Waals surface area contributed by atoms with E-state index in [1.807, 2.05) is 6.92 Å². The molecule has 0 radical (unpaired) electrons. The normalized spacial score (nSPS) is 18.8. The number of anilines is 2. The fraction of sp³-hybridized carbons (Fsp3) is 0.250. The molecule has 0 bridgehead atoms. The minimum absolute atomic E-state index is 0.00881. The fourth-order valence-corrected chi connectivity index (χ4v) is 4.08. The lowest BCUT2D eigenvalue weighted by Gasteiger charge is -2.23. The summed E-state index contributed by atoms with van der Waals surface area (Å²) in [5.74, 6) is -3.78. The SMILES string of the molecule is CCSC1=CC(/C(C=N)=C/C(=N)Cl)=CN/C1=C1/Nc2cc(C(F)(F)C(F)(F)F)cnc2N1C. The summed E-state index contributed by atoms with van der Waals surface area (Å²) in [7, 11) is 1.60. The predicted molar refractivity (Wildman–Crippen MR) is 121 cm³/mol. The Labute approximate surface area is 195 Å². The standard InChI is InChI=1S/C20H18ClF5N6S/c1-3-33-14-4-11(10(7-27)5-15(21)28)8-29-16(14)18-31-13-6-12(9-30-17(13)32(18)2)19(22,23)20(24,25)26/h4-9,27-29,31H,3H2,1-2H3/b10-5+,18-16-,27-7?,28-15?. The van der Waals surface area contributed by atoms with Crippen molar-refractivity contribution in [1.29, 1.82) is 10.8 Å². The monoisotopic (exact) mass is 504 g/mol. The zero-order valence-corrected chi connectivity index (χ0v) is 18.8. The Kier molecular flexibility index (Phi) is 6.89. The number of dihydropyridines is 1. The first-order valence-corrected chi connectivity index (χ1v) is 10.7. The van der Waals surface area contributed by atoms with Gasteiger partial charge in [-0.15, -0.1) is 11.8 Å². The number of nitrogens with zero attached hydrogens (tertiary/aromatic N) is 2. The highest BCUT2D eigenvalue weighted by molar-refractivity contribution is 8.03. The fourth-order valence-electron chi connectivity index (χ4n) is 3.14. The molecule has 6 nitrogen and oxygen atoms in total. The molecular weight excluding hydrogens is 487 g/mol. The van der Waals surface area contributed by atoms with Crippen LogP contribution in [0.4, 0.5) is 33.5 Å². The second-order valence-corrected chi connectivity index (χ2v) is 8.57. The second-order valence-electron chi connectivity index (χ2n) is 6.85. The number of pyridine rings is 1. The van der Waals surface area contributed by atoms with Crippen molar-refractivity contribution in [3.63, 3.8) is 0 Å². The molecule has 0 aliphatic carbocycles. The van der Waals surface area contributed by atoms with E-state index in [0.29, 0.717) is 39.5 Å². The van der Waals surface area contributed by atoms with Gasteiger partial charge in [-0.05, 0) is 24.0 Å². The van der Waals surface area contributed by atoms with E-state index in [4.69, 9.17) is 22.4 Å². The van der Waals surface area contributed by atoms with E-state index in [0.717, 1.165) is 12.3 Å². The van der Waals surface area contributed by atoms with Gasteiger partial charge in [0.05, 0.1) is 16.9 Å². The molecule has 33 heavy (non-hydrogen) atoms. The molecule has 0 spiro atoms. The number of fused-ring (bicyclic) bond motifs is 1. The van der Waals surface area contributed by atoms with Crippen molar-refractivity contribution in [2.45, 2.75) is 19.0 Å². The summed E-state index contributed by atoms with van der Waals surface area (Å²) in [4.78, 5) is 6.08. The van der Waals surface area contributed by atoms with Gasteiger partial charge in [-0.2, -0.15) is 22.0 Å². The molecule has 3 rings (SSSR count). The maximum atomic E-state index is 13.8. The number of hydrogen-bond acceptors (Lipinski definition) is 7. The van der Waals surface area contributed by atoms with Gasteiger partial charge < -0.3 is 20.9 Å². The van der Waals surface area contributed by atoms with Crippen molar-refractivity contribution >= 4 is 46.3 Å². The van der Waals surface area contributed by atoms with Crippen molar-refractivity contribution in [3.8, 4) is 0 Å². The first-order valence-electron chi connectivity index (χ1n) is 9.39. The molecule has 0 saturated heterocycles. The van der Waals surface area contributed by atoms with Crippen LogP contribution in [0.1, 0.15) is 12.5 Å². The van der Waals surface area contributed by atoms with Gasteiger partial charge in [0.1, 0.15) is 11.0 Å². The van der Waals surface area contributed by atoms with Crippen molar-refractivity contribution < 1.29 is 22.0 Å². The highest BCUT2D eigenvalue weighted by Crippen LogP contribution is 2.46. The largest absolute Gasteiger partial charge is 0.458 e. The third-order valence-electron chi connectivity index (χ3n) is 4.70. The Hall–Kier alpha value is -2.86.